The molecule has 0 radical (unpaired) electrons. The molecule has 1 aliphatic heterocycles. The zero-order valence-electron chi connectivity index (χ0n) is 12.7. The second-order valence-corrected chi connectivity index (χ2v) is 6.95. The van der Waals surface area contributed by atoms with E-state index in [1.807, 2.05) is 0 Å². The van der Waals surface area contributed by atoms with Gasteiger partial charge in [-0.2, -0.15) is 0 Å². The SMILES string of the molecule is CCC(C)C1(CNCC(C)C)CCOC1C1CC1. The van der Waals surface area contributed by atoms with Crippen molar-refractivity contribution in [1.29, 1.82) is 0 Å². The fraction of sp³-hybridized carbons (Fsp3) is 1.00. The van der Waals surface area contributed by atoms with E-state index in [2.05, 4.69) is 33.0 Å². The number of nitrogens with one attached hydrogen (secondary N) is 1. The van der Waals surface area contributed by atoms with Gasteiger partial charge >= 0.3 is 0 Å². The Morgan fingerprint density at radius 1 is 1.28 bits per heavy atom. The predicted octanol–water partition coefficient (Wildman–Crippen LogP) is 3.46. The fourth-order valence-corrected chi connectivity index (χ4v) is 3.58. The summed E-state index contributed by atoms with van der Waals surface area (Å²) in [5, 5.41) is 3.72. The van der Waals surface area contributed by atoms with Gasteiger partial charge in [-0.3, -0.25) is 0 Å². The zero-order chi connectivity index (χ0) is 13.2. The first-order valence-corrected chi connectivity index (χ1v) is 7.92. The molecule has 1 heterocycles. The Kier molecular flexibility index (Phi) is 4.71. The summed E-state index contributed by atoms with van der Waals surface area (Å²) in [7, 11) is 0. The smallest absolute Gasteiger partial charge is 0.0674 e. The highest BCUT2D eigenvalue weighted by Gasteiger charge is 2.52. The van der Waals surface area contributed by atoms with Gasteiger partial charge in [-0.25, -0.2) is 0 Å². The first-order chi connectivity index (χ1) is 8.60. The molecule has 0 bridgehead atoms. The number of hydrogen-bond acceptors (Lipinski definition) is 2. The standard InChI is InChI=1S/C16H31NO/c1-5-13(4)16(11-17-10-12(2)3)8-9-18-15(16)14-6-7-14/h12-15,17H,5-11H2,1-4H3. The van der Waals surface area contributed by atoms with Crippen LogP contribution in [0.1, 0.15) is 53.4 Å². The number of ether oxygens (including phenoxy) is 1. The molecular formula is C16H31NO. The fourth-order valence-electron chi connectivity index (χ4n) is 3.58. The van der Waals surface area contributed by atoms with Crippen LogP contribution in [0.3, 0.4) is 0 Å². The van der Waals surface area contributed by atoms with Gasteiger partial charge in [0.15, 0.2) is 0 Å². The minimum atomic E-state index is 0.408. The molecule has 2 fully saturated rings. The molecular weight excluding hydrogens is 222 g/mol. The third-order valence-electron chi connectivity index (χ3n) is 5.08. The molecule has 1 saturated carbocycles. The van der Waals surface area contributed by atoms with Gasteiger partial charge in [-0.1, -0.05) is 34.1 Å². The molecule has 106 valence electrons. The van der Waals surface area contributed by atoms with Gasteiger partial charge < -0.3 is 10.1 Å². The van der Waals surface area contributed by atoms with Crippen molar-refractivity contribution in [3.05, 3.63) is 0 Å². The molecule has 2 nitrogen and oxygen atoms in total. The van der Waals surface area contributed by atoms with Crippen molar-refractivity contribution in [2.75, 3.05) is 19.7 Å². The highest BCUT2D eigenvalue weighted by atomic mass is 16.5. The van der Waals surface area contributed by atoms with E-state index in [9.17, 15) is 0 Å². The van der Waals surface area contributed by atoms with E-state index in [4.69, 9.17) is 4.74 Å². The van der Waals surface area contributed by atoms with Crippen LogP contribution in [-0.4, -0.2) is 25.8 Å². The van der Waals surface area contributed by atoms with Gasteiger partial charge in [-0.15, -0.1) is 0 Å². The van der Waals surface area contributed by atoms with E-state index in [-0.39, 0.29) is 0 Å². The second-order valence-electron chi connectivity index (χ2n) is 6.95. The lowest BCUT2D eigenvalue weighted by Gasteiger charge is -2.40. The molecule has 2 heteroatoms. The van der Waals surface area contributed by atoms with E-state index in [1.165, 1.54) is 25.7 Å². The van der Waals surface area contributed by atoms with Crippen LogP contribution in [0.4, 0.5) is 0 Å². The van der Waals surface area contributed by atoms with E-state index in [1.54, 1.807) is 0 Å². The summed E-state index contributed by atoms with van der Waals surface area (Å²) in [4.78, 5) is 0. The van der Waals surface area contributed by atoms with Crippen molar-refractivity contribution >= 4 is 0 Å². The average molecular weight is 253 g/mol. The maximum Gasteiger partial charge on any atom is 0.0674 e. The van der Waals surface area contributed by atoms with Gasteiger partial charge in [-0.05, 0) is 43.6 Å². The Morgan fingerprint density at radius 2 is 2.00 bits per heavy atom. The van der Waals surface area contributed by atoms with Crippen LogP contribution in [0.2, 0.25) is 0 Å². The van der Waals surface area contributed by atoms with E-state index in [0.717, 1.165) is 37.5 Å². The molecule has 3 unspecified atom stereocenters. The Hall–Kier alpha value is -0.0800. The summed E-state index contributed by atoms with van der Waals surface area (Å²) in [5.41, 5.74) is 0.408. The van der Waals surface area contributed by atoms with Crippen LogP contribution >= 0.6 is 0 Å². The van der Waals surface area contributed by atoms with Crippen molar-refractivity contribution in [2.24, 2.45) is 23.2 Å². The van der Waals surface area contributed by atoms with Crippen LogP contribution in [0.15, 0.2) is 0 Å². The van der Waals surface area contributed by atoms with Crippen LogP contribution in [0, 0.1) is 23.2 Å². The van der Waals surface area contributed by atoms with Crippen LogP contribution in [-0.2, 0) is 4.74 Å². The van der Waals surface area contributed by atoms with Gasteiger partial charge in [0.2, 0.25) is 0 Å². The highest BCUT2D eigenvalue weighted by Crippen LogP contribution is 2.51. The normalized spacial score (nSPS) is 34.2. The Morgan fingerprint density at radius 3 is 2.56 bits per heavy atom. The summed E-state index contributed by atoms with van der Waals surface area (Å²) < 4.78 is 6.13. The predicted molar refractivity (Wildman–Crippen MR) is 76.7 cm³/mol. The van der Waals surface area contributed by atoms with Crippen LogP contribution in [0.5, 0.6) is 0 Å². The molecule has 2 rings (SSSR count). The Labute approximate surface area is 113 Å². The van der Waals surface area contributed by atoms with Crippen LogP contribution in [0.25, 0.3) is 0 Å². The maximum atomic E-state index is 6.13. The first-order valence-electron chi connectivity index (χ1n) is 7.92. The summed E-state index contributed by atoms with van der Waals surface area (Å²) >= 11 is 0. The molecule has 3 atom stereocenters. The third-order valence-corrected chi connectivity index (χ3v) is 5.08. The number of rotatable bonds is 7. The molecule has 1 aliphatic carbocycles. The minimum absolute atomic E-state index is 0.408. The lowest BCUT2D eigenvalue weighted by Crippen LogP contribution is -2.47. The van der Waals surface area contributed by atoms with Gasteiger partial charge in [0.1, 0.15) is 0 Å². The zero-order valence-corrected chi connectivity index (χ0v) is 12.7. The Bertz CT molecular complexity index is 262. The minimum Gasteiger partial charge on any atom is -0.377 e. The summed E-state index contributed by atoms with van der Waals surface area (Å²) in [6.45, 7) is 12.6. The average Bonchev–Trinajstić information content (AvgIpc) is 3.09. The summed E-state index contributed by atoms with van der Waals surface area (Å²) in [6, 6.07) is 0. The third kappa shape index (κ3) is 2.91. The topological polar surface area (TPSA) is 21.3 Å². The maximum absolute atomic E-state index is 6.13. The van der Waals surface area contributed by atoms with Gasteiger partial charge in [0.05, 0.1) is 6.10 Å². The van der Waals surface area contributed by atoms with E-state index in [0.29, 0.717) is 11.5 Å². The molecule has 0 amide bonds. The molecule has 0 aromatic rings. The summed E-state index contributed by atoms with van der Waals surface area (Å²) in [5.74, 6) is 2.37. The van der Waals surface area contributed by atoms with Gasteiger partial charge in [0.25, 0.3) is 0 Å². The quantitative estimate of drug-likeness (QED) is 0.750. The second kappa shape index (κ2) is 5.92. The monoisotopic (exact) mass is 253 g/mol. The lowest BCUT2D eigenvalue weighted by atomic mass is 9.68. The molecule has 1 saturated heterocycles. The molecule has 0 aromatic heterocycles. The van der Waals surface area contributed by atoms with Crippen molar-refractivity contribution < 1.29 is 4.74 Å². The van der Waals surface area contributed by atoms with E-state index >= 15 is 0 Å². The molecule has 2 aliphatic rings. The van der Waals surface area contributed by atoms with Crippen molar-refractivity contribution in [3.63, 3.8) is 0 Å². The van der Waals surface area contributed by atoms with Crippen molar-refractivity contribution in [3.8, 4) is 0 Å². The molecule has 0 aromatic carbocycles. The van der Waals surface area contributed by atoms with Crippen molar-refractivity contribution in [1.82, 2.24) is 5.32 Å². The van der Waals surface area contributed by atoms with Crippen molar-refractivity contribution in [2.45, 2.75) is 59.5 Å². The highest BCUT2D eigenvalue weighted by molar-refractivity contribution is 5.02. The summed E-state index contributed by atoms with van der Waals surface area (Å²) in [6.07, 6.45) is 5.86. The van der Waals surface area contributed by atoms with Crippen LogP contribution < -0.4 is 5.32 Å². The molecule has 1 N–H and O–H groups in total. The van der Waals surface area contributed by atoms with Gasteiger partial charge in [0, 0.05) is 18.6 Å². The Balaban J connectivity index is 2.02. The number of hydrogen-bond donors (Lipinski definition) is 1. The largest absolute Gasteiger partial charge is 0.377 e. The molecule has 18 heavy (non-hydrogen) atoms. The first kappa shape index (κ1) is 14.3. The van der Waals surface area contributed by atoms with E-state index < -0.39 is 0 Å². The molecule has 0 spiro atoms. The lowest BCUT2D eigenvalue weighted by molar-refractivity contribution is 0.00214.